The summed E-state index contributed by atoms with van der Waals surface area (Å²) in [6, 6.07) is 13.4. The average molecular weight is 508 g/mol. The highest BCUT2D eigenvalue weighted by atomic mass is 32.1. The Morgan fingerprint density at radius 3 is 2.47 bits per heavy atom. The largest absolute Gasteiger partial charge is 0.493 e. The number of methoxy groups -OCH3 is 1. The number of ketones is 1. The number of thiophene rings is 1. The number of benzene rings is 2. The Kier molecular flexibility index (Phi) is 9.02. The van der Waals surface area contributed by atoms with Crippen LogP contribution in [0.5, 0.6) is 11.5 Å². The zero-order chi connectivity index (χ0) is 26.2. The number of esters is 1. The summed E-state index contributed by atoms with van der Waals surface area (Å²) in [7, 11) is 1.55. The molecule has 0 fully saturated rings. The molecule has 8 heteroatoms. The molecular weight excluding hydrogens is 478 g/mol. The van der Waals surface area contributed by atoms with Crippen LogP contribution in [0.25, 0.3) is 6.08 Å². The molecule has 7 nitrogen and oxygen atoms in total. The first-order valence-electron chi connectivity index (χ1n) is 11.4. The fourth-order valence-corrected chi connectivity index (χ4v) is 4.64. The monoisotopic (exact) mass is 507 g/mol. The molecule has 0 radical (unpaired) electrons. The van der Waals surface area contributed by atoms with E-state index in [0.29, 0.717) is 28.5 Å². The number of anilines is 1. The topological polar surface area (TPSA) is 90.9 Å². The molecule has 36 heavy (non-hydrogen) atoms. The molecule has 0 spiro atoms. The first-order chi connectivity index (χ1) is 17.2. The number of Topliss-reactive ketones (excluding diaryl/α,β-unsaturated/α-hetero) is 1. The van der Waals surface area contributed by atoms with Gasteiger partial charge in [-0.3, -0.25) is 9.59 Å². The molecule has 3 aromatic rings. The van der Waals surface area contributed by atoms with Crippen molar-refractivity contribution in [2.24, 2.45) is 0 Å². The standard InChI is InChI=1S/C28H29NO6S/c1-6-34-28(32)25-18(3)26(19(4)30)36-27(25)29-24(31)14-12-20-11-13-22(23(15-20)33-5)35-16-21-10-8-7-9-17(21)2/h7-15H,6,16H2,1-5H3,(H,29,31)/b14-12+. The summed E-state index contributed by atoms with van der Waals surface area (Å²) in [4.78, 5) is 37.4. The van der Waals surface area contributed by atoms with Gasteiger partial charge in [-0.15, -0.1) is 11.3 Å². The Bertz CT molecular complexity index is 1310. The zero-order valence-corrected chi connectivity index (χ0v) is 21.8. The molecule has 1 N–H and O–H groups in total. The summed E-state index contributed by atoms with van der Waals surface area (Å²) in [6.07, 6.45) is 2.97. The third-order valence-corrected chi connectivity index (χ3v) is 6.75. The van der Waals surface area contributed by atoms with Gasteiger partial charge in [-0.25, -0.2) is 4.79 Å². The van der Waals surface area contributed by atoms with Crippen molar-refractivity contribution in [1.82, 2.24) is 0 Å². The van der Waals surface area contributed by atoms with Crippen molar-refractivity contribution in [3.63, 3.8) is 0 Å². The van der Waals surface area contributed by atoms with Crippen LogP contribution in [0.1, 0.15) is 56.1 Å². The molecule has 0 atom stereocenters. The van der Waals surface area contributed by atoms with Gasteiger partial charge in [0.1, 0.15) is 11.6 Å². The van der Waals surface area contributed by atoms with Crippen LogP contribution in [0.15, 0.2) is 48.5 Å². The van der Waals surface area contributed by atoms with E-state index in [1.807, 2.05) is 37.3 Å². The number of carbonyl (C=O) groups is 3. The van der Waals surface area contributed by atoms with Crippen molar-refractivity contribution in [1.29, 1.82) is 0 Å². The van der Waals surface area contributed by atoms with Crippen LogP contribution in [0.4, 0.5) is 5.00 Å². The van der Waals surface area contributed by atoms with Crippen molar-refractivity contribution in [3.05, 3.63) is 81.2 Å². The molecule has 0 saturated heterocycles. The van der Waals surface area contributed by atoms with Crippen molar-refractivity contribution in [2.75, 3.05) is 19.0 Å². The number of rotatable bonds is 10. The second-order valence-electron chi connectivity index (χ2n) is 7.99. The van der Waals surface area contributed by atoms with Crippen LogP contribution in [-0.2, 0) is 16.1 Å². The number of hydrogen-bond acceptors (Lipinski definition) is 7. The summed E-state index contributed by atoms with van der Waals surface area (Å²) in [6.45, 7) is 7.40. The second kappa shape index (κ2) is 12.2. The molecule has 0 bridgehead atoms. The highest BCUT2D eigenvalue weighted by Gasteiger charge is 2.24. The maximum atomic E-state index is 12.6. The Morgan fingerprint density at radius 2 is 1.81 bits per heavy atom. The average Bonchev–Trinajstić information content (AvgIpc) is 3.18. The number of nitrogens with one attached hydrogen (secondary N) is 1. The Labute approximate surface area is 214 Å². The van der Waals surface area contributed by atoms with Crippen LogP contribution in [-0.4, -0.2) is 31.4 Å². The predicted molar refractivity (Wildman–Crippen MR) is 141 cm³/mol. The molecule has 1 heterocycles. The highest BCUT2D eigenvalue weighted by molar-refractivity contribution is 7.18. The van der Waals surface area contributed by atoms with E-state index in [0.717, 1.165) is 28.0 Å². The Morgan fingerprint density at radius 1 is 1.06 bits per heavy atom. The van der Waals surface area contributed by atoms with E-state index in [2.05, 4.69) is 5.32 Å². The lowest BCUT2D eigenvalue weighted by Gasteiger charge is -2.12. The zero-order valence-electron chi connectivity index (χ0n) is 21.0. The van der Waals surface area contributed by atoms with Gasteiger partial charge in [0.25, 0.3) is 0 Å². The van der Waals surface area contributed by atoms with E-state index in [4.69, 9.17) is 14.2 Å². The number of ether oxygens (including phenoxy) is 3. The minimum Gasteiger partial charge on any atom is -0.493 e. The number of hydrogen-bond donors (Lipinski definition) is 1. The maximum Gasteiger partial charge on any atom is 0.341 e. The number of aryl methyl sites for hydroxylation is 1. The van der Waals surface area contributed by atoms with Gasteiger partial charge < -0.3 is 19.5 Å². The maximum absolute atomic E-state index is 12.6. The van der Waals surface area contributed by atoms with Gasteiger partial charge in [-0.1, -0.05) is 30.3 Å². The molecule has 0 saturated carbocycles. The van der Waals surface area contributed by atoms with Gasteiger partial charge >= 0.3 is 5.97 Å². The lowest BCUT2D eigenvalue weighted by Crippen LogP contribution is -2.12. The molecule has 2 aromatic carbocycles. The minimum atomic E-state index is -0.580. The van der Waals surface area contributed by atoms with Gasteiger partial charge in [-0.2, -0.15) is 0 Å². The third-order valence-electron chi connectivity index (χ3n) is 5.44. The van der Waals surface area contributed by atoms with E-state index >= 15 is 0 Å². The van der Waals surface area contributed by atoms with Crippen LogP contribution in [0, 0.1) is 13.8 Å². The van der Waals surface area contributed by atoms with Gasteiger partial charge in [0.15, 0.2) is 17.3 Å². The van der Waals surface area contributed by atoms with Crippen molar-refractivity contribution in [3.8, 4) is 11.5 Å². The number of carbonyl (C=O) groups excluding carboxylic acids is 3. The van der Waals surface area contributed by atoms with Gasteiger partial charge in [0, 0.05) is 6.08 Å². The highest BCUT2D eigenvalue weighted by Crippen LogP contribution is 2.34. The van der Waals surface area contributed by atoms with Crippen LogP contribution >= 0.6 is 11.3 Å². The normalized spacial score (nSPS) is 10.8. The van der Waals surface area contributed by atoms with Gasteiger partial charge in [-0.05, 0) is 68.2 Å². The smallest absolute Gasteiger partial charge is 0.341 e. The third kappa shape index (κ3) is 6.40. The molecule has 1 amide bonds. The van der Waals surface area contributed by atoms with Crippen molar-refractivity contribution in [2.45, 2.75) is 34.3 Å². The number of amides is 1. The summed E-state index contributed by atoms with van der Waals surface area (Å²) >= 11 is 1.06. The first-order valence-corrected chi connectivity index (χ1v) is 12.2. The van der Waals surface area contributed by atoms with Crippen molar-refractivity contribution < 1.29 is 28.6 Å². The summed E-state index contributed by atoms with van der Waals surface area (Å²) < 4.78 is 16.5. The lowest BCUT2D eigenvalue weighted by atomic mass is 10.1. The molecule has 0 unspecified atom stereocenters. The molecular formula is C28H29NO6S. The van der Waals surface area contributed by atoms with Crippen molar-refractivity contribution >= 4 is 40.1 Å². The SMILES string of the molecule is CCOC(=O)c1c(NC(=O)/C=C/c2ccc(OCc3ccccc3C)c(OC)c2)sc(C(C)=O)c1C. The quantitative estimate of drug-likeness (QED) is 0.206. The Hall–Kier alpha value is -3.91. The summed E-state index contributed by atoms with van der Waals surface area (Å²) in [5.41, 5.74) is 3.65. The summed E-state index contributed by atoms with van der Waals surface area (Å²) in [5, 5.41) is 2.98. The van der Waals surface area contributed by atoms with E-state index in [9.17, 15) is 14.4 Å². The van der Waals surface area contributed by atoms with Gasteiger partial charge in [0.2, 0.25) is 5.91 Å². The van der Waals surface area contributed by atoms with Gasteiger partial charge in [0.05, 0.1) is 24.2 Å². The van der Waals surface area contributed by atoms with E-state index in [1.165, 1.54) is 13.0 Å². The Balaban J connectivity index is 1.74. The first kappa shape index (κ1) is 26.7. The van der Waals surface area contributed by atoms with Crippen LogP contribution in [0.3, 0.4) is 0 Å². The molecule has 188 valence electrons. The lowest BCUT2D eigenvalue weighted by molar-refractivity contribution is -0.111. The fourth-order valence-electron chi connectivity index (χ4n) is 3.55. The predicted octanol–water partition coefficient (Wildman–Crippen LogP) is 5.98. The van der Waals surface area contributed by atoms with E-state index in [-0.39, 0.29) is 23.0 Å². The molecule has 0 aliphatic carbocycles. The minimum absolute atomic E-state index is 0.184. The van der Waals surface area contributed by atoms with E-state index in [1.54, 1.807) is 39.2 Å². The van der Waals surface area contributed by atoms with Crippen LogP contribution < -0.4 is 14.8 Å². The molecule has 1 aromatic heterocycles. The molecule has 0 aliphatic heterocycles. The van der Waals surface area contributed by atoms with Crippen LogP contribution in [0.2, 0.25) is 0 Å². The molecule has 0 aliphatic rings. The van der Waals surface area contributed by atoms with E-state index < -0.39 is 11.9 Å². The summed E-state index contributed by atoms with van der Waals surface area (Å²) in [5.74, 6) is -0.0845. The molecule has 3 rings (SSSR count). The second-order valence-corrected chi connectivity index (χ2v) is 9.01. The fraction of sp³-hybridized carbons (Fsp3) is 0.250.